The molecule has 0 aliphatic rings. The zero-order valence-electron chi connectivity index (χ0n) is 10.2. The van der Waals surface area contributed by atoms with Crippen LogP contribution in [0.5, 0.6) is 5.75 Å². The number of aromatic nitrogens is 2. The molecule has 0 saturated heterocycles. The largest absolute Gasteiger partial charge is 0.507 e. The van der Waals surface area contributed by atoms with Gasteiger partial charge in [-0.2, -0.15) is 4.98 Å². The molecule has 1 N–H and O–H groups in total. The van der Waals surface area contributed by atoms with E-state index in [1.54, 1.807) is 12.1 Å². The van der Waals surface area contributed by atoms with Crippen LogP contribution in [0.25, 0.3) is 11.5 Å². The number of nitrogens with zero attached hydrogens (tertiary/aromatic N) is 2. The number of hydrogen-bond acceptors (Lipinski definition) is 5. The van der Waals surface area contributed by atoms with E-state index in [0.29, 0.717) is 16.4 Å². The maximum Gasteiger partial charge on any atom is 0.261 e. The number of hydrogen-bond donors (Lipinski definition) is 1. The zero-order valence-corrected chi connectivity index (χ0v) is 11.0. The van der Waals surface area contributed by atoms with E-state index in [1.165, 1.54) is 6.07 Å². The second-order valence-corrected chi connectivity index (χ2v) is 4.33. The Morgan fingerprint density at radius 3 is 2.90 bits per heavy atom. The van der Waals surface area contributed by atoms with Crippen molar-refractivity contribution in [3.8, 4) is 17.2 Å². The minimum atomic E-state index is -2.50. The number of aromatic hydroxyl groups is 1. The van der Waals surface area contributed by atoms with Crippen LogP contribution >= 0.6 is 11.6 Å². The lowest BCUT2D eigenvalue weighted by Crippen LogP contribution is -2.07. The van der Waals surface area contributed by atoms with Crippen LogP contribution < -0.4 is 0 Å². The van der Waals surface area contributed by atoms with Gasteiger partial charge in [-0.3, -0.25) is 0 Å². The summed E-state index contributed by atoms with van der Waals surface area (Å²) >= 11 is 5.72. The molecule has 5 nitrogen and oxygen atoms in total. The van der Waals surface area contributed by atoms with Gasteiger partial charge in [-0.1, -0.05) is 16.8 Å². The van der Waals surface area contributed by atoms with Gasteiger partial charge < -0.3 is 14.4 Å². The van der Waals surface area contributed by atoms with E-state index in [1.807, 2.05) is 0 Å². The lowest BCUT2D eigenvalue weighted by atomic mass is 10.2. The summed E-state index contributed by atoms with van der Waals surface area (Å²) < 4.78 is 33.4. The molecule has 2 aromatic rings. The van der Waals surface area contributed by atoms with Gasteiger partial charge in [-0.15, -0.1) is 0 Å². The average molecular weight is 305 g/mol. The second kappa shape index (κ2) is 6.62. The third-order valence-corrected chi connectivity index (χ3v) is 2.61. The van der Waals surface area contributed by atoms with Crippen LogP contribution in [-0.2, 0) is 11.2 Å². The fourth-order valence-electron chi connectivity index (χ4n) is 1.49. The fraction of sp³-hybridized carbons (Fsp3) is 0.333. The Balaban J connectivity index is 1.98. The summed E-state index contributed by atoms with van der Waals surface area (Å²) in [4.78, 5) is 4.04. The lowest BCUT2D eigenvalue weighted by Gasteiger charge is -2.00. The van der Waals surface area contributed by atoms with E-state index >= 15 is 0 Å². The number of benzene rings is 1. The normalized spacial score (nSPS) is 11.2. The Hall–Kier alpha value is -1.73. The highest BCUT2D eigenvalue weighted by molar-refractivity contribution is 6.30. The third-order valence-electron chi connectivity index (χ3n) is 2.37. The van der Waals surface area contributed by atoms with Crippen LogP contribution in [0.1, 0.15) is 5.82 Å². The highest BCUT2D eigenvalue weighted by Gasteiger charge is 2.13. The molecular weight excluding hydrogens is 294 g/mol. The van der Waals surface area contributed by atoms with Crippen molar-refractivity contribution in [1.29, 1.82) is 0 Å². The molecule has 2 rings (SSSR count). The van der Waals surface area contributed by atoms with E-state index in [0.717, 1.165) is 0 Å². The number of ether oxygens (including phenoxy) is 1. The summed E-state index contributed by atoms with van der Waals surface area (Å²) in [7, 11) is 0. The van der Waals surface area contributed by atoms with Crippen LogP contribution in [0.3, 0.4) is 0 Å². The van der Waals surface area contributed by atoms with Crippen molar-refractivity contribution in [2.75, 3.05) is 13.2 Å². The monoisotopic (exact) mass is 304 g/mol. The number of halogens is 3. The van der Waals surface area contributed by atoms with Gasteiger partial charge in [-0.25, -0.2) is 8.78 Å². The summed E-state index contributed by atoms with van der Waals surface area (Å²) in [5.41, 5.74) is 0.349. The highest BCUT2D eigenvalue weighted by Crippen LogP contribution is 2.30. The predicted octanol–water partition coefficient (Wildman–Crippen LogP) is 2.92. The molecule has 0 atom stereocenters. The van der Waals surface area contributed by atoms with Crippen molar-refractivity contribution in [3.63, 3.8) is 0 Å². The van der Waals surface area contributed by atoms with Gasteiger partial charge in [0.1, 0.15) is 12.4 Å². The van der Waals surface area contributed by atoms with E-state index in [9.17, 15) is 13.9 Å². The minimum Gasteiger partial charge on any atom is -0.507 e. The van der Waals surface area contributed by atoms with Gasteiger partial charge >= 0.3 is 0 Å². The van der Waals surface area contributed by atoms with Crippen molar-refractivity contribution in [2.24, 2.45) is 0 Å². The first kappa shape index (κ1) is 14.7. The van der Waals surface area contributed by atoms with Gasteiger partial charge in [0.2, 0.25) is 0 Å². The van der Waals surface area contributed by atoms with Crippen LogP contribution in [0.15, 0.2) is 22.7 Å². The summed E-state index contributed by atoms with van der Waals surface area (Å²) in [6.45, 7) is -0.557. The Morgan fingerprint density at radius 1 is 1.40 bits per heavy atom. The first-order valence-corrected chi connectivity index (χ1v) is 6.11. The number of phenols is 1. The molecule has 0 amide bonds. The first-order valence-electron chi connectivity index (χ1n) is 5.73. The van der Waals surface area contributed by atoms with Crippen LogP contribution in [0.2, 0.25) is 5.02 Å². The summed E-state index contributed by atoms with van der Waals surface area (Å²) in [6.07, 6.45) is -2.26. The van der Waals surface area contributed by atoms with Gasteiger partial charge in [0, 0.05) is 11.4 Å². The summed E-state index contributed by atoms with van der Waals surface area (Å²) in [6, 6.07) is 4.47. The molecule has 8 heteroatoms. The Bertz CT molecular complexity index is 578. The smallest absolute Gasteiger partial charge is 0.261 e. The molecule has 0 aliphatic heterocycles. The van der Waals surface area contributed by atoms with Crippen molar-refractivity contribution in [3.05, 3.63) is 29.0 Å². The van der Waals surface area contributed by atoms with Gasteiger partial charge in [0.15, 0.2) is 5.82 Å². The molecular formula is C12H11ClF2N2O3. The fourth-order valence-corrected chi connectivity index (χ4v) is 1.65. The molecule has 0 fully saturated rings. The van der Waals surface area contributed by atoms with Crippen LogP contribution in [-0.4, -0.2) is 34.9 Å². The molecule has 1 aromatic heterocycles. The van der Waals surface area contributed by atoms with Crippen LogP contribution in [0, 0.1) is 0 Å². The van der Waals surface area contributed by atoms with E-state index < -0.39 is 13.0 Å². The molecule has 108 valence electrons. The van der Waals surface area contributed by atoms with Crippen molar-refractivity contribution < 1.29 is 23.1 Å². The SMILES string of the molecule is Oc1cc(Cl)ccc1-c1nc(CCOCC(F)F)no1. The third kappa shape index (κ3) is 3.88. The Morgan fingerprint density at radius 2 is 2.20 bits per heavy atom. The number of alkyl halides is 2. The molecule has 1 aromatic carbocycles. The predicted molar refractivity (Wildman–Crippen MR) is 66.9 cm³/mol. The second-order valence-electron chi connectivity index (χ2n) is 3.89. The first-order chi connectivity index (χ1) is 9.56. The van der Waals surface area contributed by atoms with E-state index in [-0.39, 0.29) is 24.7 Å². The molecule has 0 saturated carbocycles. The van der Waals surface area contributed by atoms with Gasteiger partial charge in [0.25, 0.3) is 12.3 Å². The standard InChI is InChI=1S/C12H11ClF2N2O3/c13-7-1-2-8(9(18)5-7)12-16-11(17-20-12)3-4-19-6-10(14)15/h1-2,5,10,18H,3-4,6H2. The average Bonchev–Trinajstić information content (AvgIpc) is 2.83. The van der Waals surface area contributed by atoms with Crippen molar-refractivity contribution >= 4 is 11.6 Å². The summed E-state index contributed by atoms with van der Waals surface area (Å²) in [5.74, 6) is 0.355. The number of rotatable bonds is 6. The topological polar surface area (TPSA) is 68.4 Å². The molecule has 0 unspecified atom stereocenters. The van der Waals surface area contributed by atoms with E-state index in [4.69, 9.17) is 20.9 Å². The molecule has 0 radical (unpaired) electrons. The van der Waals surface area contributed by atoms with Crippen molar-refractivity contribution in [1.82, 2.24) is 10.1 Å². The zero-order chi connectivity index (χ0) is 14.5. The Labute approximate surface area is 118 Å². The maximum absolute atomic E-state index is 11.8. The lowest BCUT2D eigenvalue weighted by molar-refractivity contribution is 0.0182. The maximum atomic E-state index is 11.8. The van der Waals surface area contributed by atoms with Crippen LogP contribution in [0.4, 0.5) is 8.78 Å². The summed E-state index contributed by atoms with van der Waals surface area (Å²) in [5, 5.41) is 13.8. The van der Waals surface area contributed by atoms with Crippen molar-refractivity contribution in [2.45, 2.75) is 12.8 Å². The molecule has 1 heterocycles. The molecule has 0 aliphatic carbocycles. The highest BCUT2D eigenvalue weighted by atomic mass is 35.5. The molecule has 20 heavy (non-hydrogen) atoms. The van der Waals surface area contributed by atoms with Gasteiger partial charge in [-0.05, 0) is 18.2 Å². The molecule has 0 spiro atoms. The number of phenolic OH excluding ortho intramolecular Hbond substituents is 1. The quantitative estimate of drug-likeness (QED) is 0.831. The Kier molecular flexibility index (Phi) is 4.86. The van der Waals surface area contributed by atoms with E-state index in [2.05, 4.69) is 10.1 Å². The molecule has 0 bridgehead atoms. The van der Waals surface area contributed by atoms with Gasteiger partial charge in [0.05, 0.1) is 12.2 Å². The minimum absolute atomic E-state index is 0.0654.